The Morgan fingerprint density at radius 2 is 1.78 bits per heavy atom. The molecule has 18 heavy (non-hydrogen) atoms. The van der Waals surface area contributed by atoms with E-state index in [0.29, 0.717) is 5.56 Å². The standard InChI is InChI=1S/C13H12O5/c14-10(8-4-2-1-3-5-8)9-6-7-13(17,18)12(16)11(9)15/h1-7,12,14,16-18H. The van der Waals surface area contributed by atoms with Gasteiger partial charge in [-0.15, -0.1) is 0 Å². The van der Waals surface area contributed by atoms with E-state index in [9.17, 15) is 25.2 Å². The highest BCUT2D eigenvalue weighted by Gasteiger charge is 2.41. The van der Waals surface area contributed by atoms with Crippen LogP contribution < -0.4 is 0 Å². The number of aliphatic hydroxyl groups excluding tert-OH is 2. The molecule has 5 heteroatoms. The summed E-state index contributed by atoms with van der Waals surface area (Å²) in [5, 5.41) is 37.9. The molecule has 0 heterocycles. The predicted molar refractivity (Wildman–Crippen MR) is 63.3 cm³/mol. The summed E-state index contributed by atoms with van der Waals surface area (Å²) in [6, 6.07) is 8.30. The summed E-state index contributed by atoms with van der Waals surface area (Å²) in [5.74, 6) is -3.85. The van der Waals surface area contributed by atoms with Crippen molar-refractivity contribution in [2.75, 3.05) is 0 Å². The molecule has 0 saturated heterocycles. The Morgan fingerprint density at radius 3 is 2.39 bits per heavy atom. The fourth-order valence-electron chi connectivity index (χ4n) is 1.67. The van der Waals surface area contributed by atoms with E-state index in [1.807, 2.05) is 0 Å². The van der Waals surface area contributed by atoms with Crippen molar-refractivity contribution >= 4 is 11.5 Å². The van der Waals surface area contributed by atoms with Gasteiger partial charge in [-0.05, 0) is 12.2 Å². The molecule has 1 aliphatic rings. The van der Waals surface area contributed by atoms with Crippen LogP contribution in [-0.4, -0.2) is 38.1 Å². The predicted octanol–water partition coefficient (Wildman–Crippen LogP) is 0.136. The van der Waals surface area contributed by atoms with Gasteiger partial charge < -0.3 is 20.4 Å². The second-order valence-corrected chi connectivity index (χ2v) is 4.01. The van der Waals surface area contributed by atoms with Crippen molar-refractivity contribution in [2.45, 2.75) is 11.9 Å². The molecule has 0 fully saturated rings. The Hall–Kier alpha value is -1.95. The minimum atomic E-state index is -2.60. The van der Waals surface area contributed by atoms with E-state index in [0.717, 1.165) is 12.2 Å². The first-order valence-corrected chi connectivity index (χ1v) is 5.28. The Labute approximate surface area is 103 Å². The van der Waals surface area contributed by atoms with Crippen LogP contribution >= 0.6 is 0 Å². The van der Waals surface area contributed by atoms with Crippen molar-refractivity contribution in [1.29, 1.82) is 0 Å². The summed E-state index contributed by atoms with van der Waals surface area (Å²) in [4.78, 5) is 11.7. The third-order valence-corrected chi connectivity index (χ3v) is 2.71. The van der Waals surface area contributed by atoms with Crippen LogP contribution in [0.4, 0.5) is 0 Å². The van der Waals surface area contributed by atoms with E-state index in [-0.39, 0.29) is 11.3 Å². The van der Waals surface area contributed by atoms with Gasteiger partial charge in [0.2, 0.25) is 11.6 Å². The van der Waals surface area contributed by atoms with Crippen molar-refractivity contribution in [3.8, 4) is 0 Å². The Bertz CT molecular complexity index is 528. The maximum Gasteiger partial charge on any atom is 0.217 e. The number of allylic oxidation sites excluding steroid dienone is 1. The molecule has 0 aromatic heterocycles. The molecule has 2 rings (SSSR count). The van der Waals surface area contributed by atoms with Crippen LogP contribution in [-0.2, 0) is 4.79 Å². The lowest BCUT2D eigenvalue weighted by Crippen LogP contribution is -2.48. The second-order valence-electron chi connectivity index (χ2n) is 4.01. The van der Waals surface area contributed by atoms with E-state index in [4.69, 9.17) is 0 Å². The van der Waals surface area contributed by atoms with Gasteiger partial charge in [0, 0.05) is 5.56 Å². The van der Waals surface area contributed by atoms with Crippen LogP contribution in [0.2, 0.25) is 0 Å². The van der Waals surface area contributed by atoms with E-state index < -0.39 is 17.7 Å². The van der Waals surface area contributed by atoms with Gasteiger partial charge in [-0.25, -0.2) is 0 Å². The third kappa shape index (κ3) is 2.06. The summed E-state index contributed by atoms with van der Waals surface area (Å²) >= 11 is 0. The number of carbonyl (C=O) groups excluding carboxylic acids is 1. The van der Waals surface area contributed by atoms with Crippen LogP contribution in [0, 0.1) is 0 Å². The van der Waals surface area contributed by atoms with Gasteiger partial charge in [0.05, 0.1) is 5.57 Å². The van der Waals surface area contributed by atoms with Crippen molar-refractivity contribution < 1.29 is 25.2 Å². The van der Waals surface area contributed by atoms with E-state index in [1.54, 1.807) is 30.3 Å². The van der Waals surface area contributed by atoms with Gasteiger partial charge >= 0.3 is 0 Å². The topological polar surface area (TPSA) is 98.0 Å². The number of aliphatic hydroxyl groups is 4. The average Bonchev–Trinajstić information content (AvgIpc) is 2.37. The van der Waals surface area contributed by atoms with Crippen molar-refractivity contribution in [2.24, 2.45) is 0 Å². The number of carbonyl (C=O) groups is 1. The number of ketones is 1. The van der Waals surface area contributed by atoms with Crippen molar-refractivity contribution in [1.82, 2.24) is 0 Å². The maximum absolute atomic E-state index is 11.7. The van der Waals surface area contributed by atoms with Gasteiger partial charge in [-0.2, -0.15) is 0 Å². The van der Waals surface area contributed by atoms with Gasteiger partial charge in [0.1, 0.15) is 5.76 Å². The van der Waals surface area contributed by atoms with Crippen molar-refractivity contribution in [3.63, 3.8) is 0 Å². The monoisotopic (exact) mass is 248 g/mol. The molecule has 0 saturated carbocycles. The third-order valence-electron chi connectivity index (χ3n) is 2.71. The van der Waals surface area contributed by atoms with Crippen LogP contribution in [0.3, 0.4) is 0 Å². The molecule has 1 atom stereocenters. The minimum Gasteiger partial charge on any atom is -0.507 e. The molecular weight excluding hydrogens is 236 g/mol. The van der Waals surface area contributed by atoms with E-state index >= 15 is 0 Å². The lowest BCUT2D eigenvalue weighted by Gasteiger charge is -2.27. The summed E-state index contributed by atoms with van der Waals surface area (Å²) in [5.41, 5.74) is 0.244. The molecule has 1 aliphatic carbocycles. The highest BCUT2D eigenvalue weighted by Crippen LogP contribution is 2.26. The first kappa shape index (κ1) is 12.5. The highest BCUT2D eigenvalue weighted by atomic mass is 16.5. The van der Waals surface area contributed by atoms with Crippen LogP contribution in [0.15, 0.2) is 48.1 Å². The molecule has 1 unspecified atom stereocenters. The molecule has 0 amide bonds. The summed E-state index contributed by atoms with van der Waals surface area (Å²) < 4.78 is 0. The highest BCUT2D eigenvalue weighted by molar-refractivity contribution is 6.08. The van der Waals surface area contributed by atoms with Crippen LogP contribution in [0.5, 0.6) is 0 Å². The smallest absolute Gasteiger partial charge is 0.217 e. The molecule has 0 aliphatic heterocycles. The lowest BCUT2D eigenvalue weighted by molar-refractivity contribution is -0.191. The SMILES string of the molecule is O=C1C(=C(O)c2ccccc2)C=CC(O)(O)C1O. The number of hydrogen-bond donors (Lipinski definition) is 4. The second kappa shape index (κ2) is 4.38. The average molecular weight is 248 g/mol. The van der Waals surface area contributed by atoms with Gasteiger partial charge in [-0.3, -0.25) is 4.79 Å². The maximum atomic E-state index is 11.7. The van der Waals surface area contributed by atoms with Gasteiger partial charge in [0.15, 0.2) is 6.10 Å². The quantitative estimate of drug-likeness (QED) is 0.322. The fourth-order valence-corrected chi connectivity index (χ4v) is 1.67. The molecule has 0 spiro atoms. The first-order valence-electron chi connectivity index (χ1n) is 5.28. The lowest BCUT2D eigenvalue weighted by atomic mass is 9.90. The normalized spacial score (nSPS) is 25.1. The first-order chi connectivity index (χ1) is 8.43. The molecule has 5 nitrogen and oxygen atoms in total. The zero-order valence-corrected chi connectivity index (χ0v) is 9.32. The number of hydrogen-bond acceptors (Lipinski definition) is 5. The Balaban J connectivity index is 2.49. The zero-order valence-electron chi connectivity index (χ0n) is 9.32. The minimum absolute atomic E-state index is 0.160. The van der Waals surface area contributed by atoms with Crippen LogP contribution in [0.25, 0.3) is 5.76 Å². The largest absolute Gasteiger partial charge is 0.507 e. The molecule has 4 N–H and O–H groups in total. The summed E-state index contributed by atoms with van der Waals surface area (Å²) in [7, 11) is 0. The van der Waals surface area contributed by atoms with E-state index in [1.165, 1.54) is 0 Å². The van der Waals surface area contributed by atoms with Gasteiger partial charge in [-0.1, -0.05) is 30.3 Å². The van der Waals surface area contributed by atoms with E-state index in [2.05, 4.69) is 0 Å². The Morgan fingerprint density at radius 1 is 1.17 bits per heavy atom. The Kier molecular flexibility index (Phi) is 3.04. The summed E-state index contributed by atoms with van der Waals surface area (Å²) in [6.45, 7) is 0. The number of rotatable bonds is 1. The molecule has 1 aromatic carbocycles. The molecule has 94 valence electrons. The zero-order chi connectivity index (χ0) is 13.3. The number of benzene rings is 1. The van der Waals surface area contributed by atoms with Gasteiger partial charge in [0.25, 0.3) is 0 Å². The molecule has 1 aromatic rings. The van der Waals surface area contributed by atoms with Crippen molar-refractivity contribution in [3.05, 3.63) is 53.6 Å². The van der Waals surface area contributed by atoms with Crippen LogP contribution in [0.1, 0.15) is 5.56 Å². The summed E-state index contributed by atoms with van der Waals surface area (Å²) in [6.07, 6.45) is -0.0753. The molecular formula is C13H12O5. The number of Topliss-reactive ketones (excluding diaryl/α,β-unsaturated/α-hetero) is 1. The molecule has 0 radical (unpaired) electrons. The fraction of sp³-hybridized carbons (Fsp3) is 0.154. The molecule has 0 bridgehead atoms.